The Hall–Kier alpha value is -2.91. The van der Waals surface area contributed by atoms with Crippen molar-refractivity contribution in [3.05, 3.63) is 70.1 Å². The molecule has 3 rings (SSSR count). The highest BCUT2D eigenvalue weighted by molar-refractivity contribution is 7.88. The molecule has 30 heavy (non-hydrogen) atoms. The lowest BCUT2D eigenvalue weighted by atomic mass is 10.1. The molecule has 0 spiro atoms. The summed E-state index contributed by atoms with van der Waals surface area (Å²) in [5.41, 5.74) is 1.53. The Labute approximate surface area is 175 Å². The second kappa shape index (κ2) is 8.08. The molecule has 0 bridgehead atoms. The number of fused-ring (bicyclic) bond motifs is 1. The fraction of sp³-hybridized carbons (Fsp3) is 0.333. The van der Waals surface area contributed by atoms with Crippen LogP contribution in [0.1, 0.15) is 31.9 Å². The molecule has 1 aromatic heterocycles. The number of sulfonamides is 1. The van der Waals surface area contributed by atoms with Gasteiger partial charge < -0.3 is 4.74 Å². The second-order valence-electron chi connectivity index (χ2n) is 8.08. The van der Waals surface area contributed by atoms with E-state index in [1.165, 1.54) is 4.57 Å². The topological polar surface area (TPSA) is 99.4 Å². The largest absolute Gasteiger partial charge is 0.443 e. The predicted octanol–water partition coefficient (Wildman–Crippen LogP) is 2.68. The Morgan fingerprint density at radius 3 is 2.13 bits per heavy atom. The molecule has 1 N–H and O–H groups in total. The van der Waals surface area contributed by atoms with E-state index in [0.29, 0.717) is 11.0 Å². The first-order valence-electron chi connectivity index (χ1n) is 9.41. The third kappa shape index (κ3) is 5.17. The van der Waals surface area contributed by atoms with Crippen LogP contribution in [0.15, 0.2) is 53.3 Å². The van der Waals surface area contributed by atoms with E-state index in [1.807, 2.05) is 12.1 Å². The molecule has 0 amide bonds. The van der Waals surface area contributed by atoms with Crippen LogP contribution in [0.3, 0.4) is 0 Å². The van der Waals surface area contributed by atoms with Gasteiger partial charge in [-0.15, -0.1) is 0 Å². The average Bonchev–Trinajstić information content (AvgIpc) is 2.91. The number of carbonyl (C=O) groups is 1. The van der Waals surface area contributed by atoms with Gasteiger partial charge in [0.15, 0.2) is 0 Å². The summed E-state index contributed by atoms with van der Waals surface area (Å²) in [6, 6.07) is 14.3. The molecule has 0 radical (unpaired) electrons. The highest BCUT2D eigenvalue weighted by Gasteiger charge is 2.23. The summed E-state index contributed by atoms with van der Waals surface area (Å²) in [5, 5.41) is 0. The second-order valence-corrected chi connectivity index (χ2v) is 9.92. The van der Waals surface area contributed by atoms with E-state index in [9.17, 15) is 18.0 Å². The van der Waals surface area contributed by atoms with Crippen molar-refractivity contribution in [2.45, 2.75) is 39.5 Å². The van der Waals surface area contributed by atoms with E-state index in [1.54, 1.807) is 57.2 Å². The van der Waals surface area contributed by atoms with Gasteiger partial charge in [-0.25, -0.2) is 22.7 Å². The molecule has 160 valence electrons. The van der Waals surface area contributed by atoms with Crippen molar-refractivity contribution in [2.24, 2.45) is 0 Å². The van der Waals surface area contributed by atoms with E-state index in [0.717, 1.165) is 21.9 Å². The van der Waals surface area contributed by atoms with Crippen LogP contribution in [0.25, 0.3) is 11.0 Å². The van der Waals surface area contributed by atoms with Crippen molar-refractivity contribution in [1.82, 2.24) is 13.9 Å². The van der Waals surface area contributed by atoms with Gasteiger partial charge in [0.05, 0.1) is 23.8 Å². The lowest BCUT2D eigenvalue weighted by molar-refractivity contribution is 0.0537. The smallest absolute Gasteiger partial charge is 0.423 e. The molecule has 0 atom stereocenters. The number of rotatable bonds is 5. The molecule has 0 fully saturated rings. The third-order valence-electron chi connectivity index (χ3n) is 4.31. The first-order valence-corrected chi connectivity index (χ1v) is 11.3. The van der Waals surface area contributed by atoms with Gasteiger partial charge in [0.1, 0.15) is 5.60 Å². The lowest BCUT2D eigenvalue weighted by Crippen LogP contribution is -2.34. The van der Waals surface area contributed by atoms with Crippen LogP contribution >= 0.6 is 0 Å². The van der Waals surface area contributed by atoms with Gasteiger partial charge in [-0.3, -0.25) is 4.57 Å². The molecule has 0 aliphatic rings. The zero-order valence-electron chi connectivity index (χ0n) is 17.4. The Morgan fingerprint density at radius 1 is 1.00 bits per heavy atom. The molecule has 2 aromatic carbocycles. The predicted molar refractivity (Wildman–Crippen MR) is 115 cm³/mol. The Balaban J connectivity index is 1.93. The Morgan fingerprint density at radius 2 is 1.57 bits per heavy atom. The van der Waals surface area contributed by atoms with E-state index in [-0.39, 0.29) is 13.1 Å². The molecular formula is C21H25N3O5S. The minimum Gasteiger partial charge on any atom is -0.443 e. The first-order chi connectivity index (χ1) is 13.9. The molecule has 0 saturated heterocycles. The van der Waals surface area contributed by atoms with Crippen LogP contribution in [-0.2, 0) is 27.8 Å². The van der Waals surface area contributed by atoms with Crippen LogP contribution in [0, 0.1) is 0 Å². The monoisotopic (exact) mass is 431 g/mol. The highest BCUT2D eigenvalue weighted by atomic mass is 32.2. The standard InChI is InChI=1S/C21H25N3O5S/c1-21(2,3)29-20(26)24-18-8-6-5-7-17(18)23(19(24)25)14-16-11-9-15(10-12-16)13-22-30(4,27)28/h5-12,22H,13-14H2,1-4H3. The Kier molecular flexibility index (Phi) is 5.87. The van der Waals surface area contributed by atoms with Crippen LogP contribution in [-0.4, -0.2) is 35.5 Å². The maximum Gasteiger partial charge on any atom is 0.423 e. The quantitative estimate of drug-likeness (QED) is 0.670. The van der Waals surface area contributed by atoms with Crippen molar-refractivity contribution in [1.29, 1.82) is 0 Å². The number of carbonyl (C=O) groups excluding carboxylic acids is 1. The number of nitrogens with zero attached hydrogens (tertiary/aromatic N) is 2. The maximum atomic E-state index is 13.0. The molecule has 0 aliphatic heterocycles. The SMILES string of the molecule is CC(C)(C)OC(=O)n1c(=O)n(Cc2ccc(CNS(C)(=O)=O)cc2)c2ccccc21. The fourth-order valence-electron chi connectivity index (χ4n) is 3.00. The van der Waals surface area contributed by atoms with Crippen LogP contribution in [0.5, 0.6) is 0 Å². The highest BCUT2D eigenvalue weighted by Crippen LogP contribution is 2.17. The Bertz CT molecular complexity index is 1230. The molecule has 0 unspecified atom stereocenters. The number of ether oxygens (including phenoxy) is 1. The van der Waals surface area contributed by atoms with E-state index in [4.69, 9.17) is 4.74 Å². The molecule has 0 saturated carbocycles. The first kappa shape index (κ1) is 21.8. The summed E-state index contributed by atoms with van der Waals surface area (Å²) >= 11 is 0. The lowest BCUT2D eigenvalue weighted by Gasteiger charge is -2.19. The van der Waals surface area contributed by atoms with Gasteiger partial charge in [-0.1, -0.05) is 36.4 Å². The summed E-state index contributed by atoms with van der Waals surface area (Å²) in [4.78, 5) is 25.7. The number of benzene rings is 2. The van der Waals surface area contributed by atoms with Crippen molar-refractivity contribution in [2.75, 3.05) is 6.26 Å². The van der Waals surface area contributed by atoms with Crippen LogP contribution < -0.4 is 10.4 Å². The van der Waals surface area contributed by atoms with Crippen molar-refractivity contribution in [3.8, 4) is 0 Å². The van der Waals surface area contributed by atoms with Crippen molar-refractivity contribution >= 4 is 27.1 Å². The van der Waals surface area contributed by atoms with Gasteiger partial charge in [0.2, 0.25) is 10.0 Å². The number of aromatic nitrogens is 2. The number of nitrogens with one attached hydrogen (secondary N) is 1. The zero-order chi connectivity index (χ0) is 22.1. The van der Waals surface area contributed by atoms with Gasteiger partial charge in [-0.2, -0.15) is 4.57 Å². The summed E-state index contributed by atoms with van der Waals surface area (Å²) in [6.07, 6.45) is 0.387. The zero-order valence-corrected chi connectivity index (χ0v) is 18.2. The average molecular weight is 432 g/mol. The van der Waals surface area contributed by atoms with E-state index < -0.39 is 27.4 Å². The summed E-state index contributed by atoms with van der Waals surface area (Å²) < 4.78 is 32.9. The van der Waals surface area contributed by atoms with E-state index in [2.05, 4.69) is 4.72 Å². The van der Waals surface area contributed by atoms with Crippen molar-refractivity contribution < 1.29 is 17.9 Å². The summed E-state index contributed by atoms with van der Waals surface area (Å²) in [6.45, 7) is 5.69. The summed E-state index contributed by atoms with van der Waals surface area (Å²) in [7, 11) is -3.27. The third-order valence-corrected chi connectivity index (χ3v) is 4.98. The number of hydrogen-bond donors (Lipinski definition) is 1. The fourth-order valence-corrected chi connectivity index (χ4v) is 3.43. The van der Waals surface area contributed by atoms with E-state index >= 15 is 0 Å². The normalized spacial score (nSPS) is 12.3. The van der Waals surface area contributed by atoms with Crippen LogP contribution in [0.2, 0.25) is 0 Å². The molecule has 9 heteroatoms. The molecule has 0 aliphatic carbocycles. The van der Waals surface area contributed by atoms with Gasteiger partial charge in [0, 0.05) is 6.54 Å². The molecular weight excluding hydrogens is 406 g/mol. The van der Waals surface area contributed by atoms with Crippen molar-refractivity contribution in [3.63, 3.8) is 0 Å². The number of para-hydroxylation sites is 2. The molecule has 8 nitrogen and oxygen atoms in total. The maximum absolute atomic E-state index is 13.0. The minimum absolute atomic E-state index is 0.191. The number of hydrogen-bond acceptors (Lipinski definition) is 5. The van der Waals surface area contributed by atoms with Gasteiger partial charge in [0.25, 0.3) is 0 Å². The molecule has 1 heterocycles. The minimum atomic E-state index is -3.27. The van der Waals surface area contributed by atoms with Gasteiger partial charge in [-0.05, 0) is 44.0 Å². The van der Waals surface area contributed by atoms with Crippen LogP contribution in [0.4, 0.5) is 4.79 Å². The molecule has 3 aromatic rings. The number of imidazole rings is 1. The summed E-state index contributed by atoms with van der Waals surface area (Å²) in [5.74, 6) is 0. The van der Waals surface area contributed by atoms with Gasteiger partial charge >= 0.3 is 11.8 Å².